The molecule has 0 aliphatic rings. The van der Waals surface area contributed by atoms with Gasteiger partial charge in [0.05, 0.1) is 12.7 Å². The van der Waals surface area contributed by atoms with Crippen LogP contribution >= 0.6 is 22.6 Å². The van der Waals surface area contributed by atoms with E-state index in [9.17, 15) is 5.11 Å². The maximum absolute atomic E-state index is 9.95. The first-order valence-corrected chi connectivity index (χ1v) is 8.98. The Kier molecular flexibility index (Phi) is 10.0. The van der Waals surface area contributed by atoms with Crippen molar-refractivity contribution in [2.75, 3.05) is 25.1 Å². The molecule has 0 saturated carbocycles. The van der Waals surface area contributed by atoms with E-state index in [2.05, 4.69) is 47.8 Å². The molecule has 2 N–H and O–H groups in total. The molecule has 0 heterocycles. The van der Waals surface area contributed by atoms with Crippen LogP contribution in [0.3, 0.4) is 0 Å². The van der Waals surface area contributed by atoms with Crippen molar-refractivity contribution < 1.29 is 9.84 Å². The molecule has 0 radical (unpaired) electrons. The zero-order valence-electron chi connectivity index (χ0n) is 13.1. The van der Waals surface area contributed by atoms with E-state index in [0.29, 0.717) is 19.1 Å². The number of anilines is 1. The van der Waals surface area contributed by atoms with Gasteiger partial charge in [-0.15, -0.1) is 0 Å². The standard InChI is InChI=1S/C17H28INO2/c1-3-5-7-14(4-2)12-21-13-17(20)11-19-16-9-6-8-15(18)10-16/h6,8-10,14,17,19-20H,3-5,7,11-13H2,1-2H3. The zero-order valence-corrected chi connectivity index (χ0v) is 15.3. The predicted octanol–water partition coefficient (Wildman–Crippen LogP) is 4.30. The molecule has 0 saturated heterocycles. The summed E-state index contributed by atoms with van der Waals surface area (Å²) >= 11 is 2.28. The van der Waals surface area contributed by atoms with E-state index >= 15 is 0 Å². The van der Waals surface area contributed by atoms with Gasteiger partial charge in [-0.05, 0) is 53.1 Å². The maximum Gasteiger partial charge on any atom is 0.0945 e. The Balaban J connectivity index is 2.17. The van der Waals surface area contributed by atoms with Crippen LogP contribution in [0.4, 0.5) is 5.69 Å². The minimum absolute atomic E-state index is 0.402. The molecule has 0 bridgehead atoms. The van der Waals surface area contributed by atoms with E-state index in [1.807, 2.05) is 18.2 Å². The number of rotatable bonds is 11. The Morgan fingerprint density at radius 1 is 1.29 bits per heavy atom. The molecule has 0 aromatic heterocycles. The van der Waals surface area contributed by atoms with Crippen LogP contribution in [0.2, 0.25) is 0 Å². The molecule has 3 nitrogen and oxygen atoms in total. The van der Waals surface area contributed by atoms with Gasteiger partial charge in [0.15, 0.2) is 0 Å². The summed E-state index contributed by atoms with van der Waals surface area (Å²) in [6, 6.07) is 8.12. The van der Waals surface area contributed by atoms with Crippen LogP contribution in [0.5, 0.6) is 0 Å². The van der Waals surface area contributed by atoms with Crippen molar-refractivity contribution in [3.8, 4) is 0 Å². The van der Waals surface area contributed by atoms with Crippen molar-refractivity contribution in [2.24, 2.45) is 5.92 Å². The molecule has 120 valence electrons. The number of halogens is 1. The molecule has 0 spiro atoms. The number of unbranched alkanes of at least 4 members (excludes halogenated alkanes) is 1. The first kappa shape index (κ1) is 18.7. The highest BCUT2D eigenvalue weighted by molar-refractivity contribution is 14.1. The second-order valence-corrected chi connectivity index (χ2v) is 6.74. The Bertz CT molecular complexity index is 387. The lowest BCUT2D eigenvalue weighted by Gasteiger charge is -2.17. The summed E-state index contributed by atoms with van der Waals surface area (Å²) in [4.78, 5) is 0. The number of hydrogen-bond acceptors (Lipinski definition) is 3. The van der Waals surface area contributed by atoms with Crippen molar-refractivity contribution in [2.45, 2.75) is 45.6 Å². The molecule has 0 aliphatic heterocycles. The van der Waals surface area contributed by atoms with Crippen LogP contribution in [0.25, 0.3) is 0 Å². The van der Waals surface area contributed by atoms with Gasteiger partial charge in [-0.25, -0.2) is 0 Å². The van der Waals surface area contributed by atoms with E-state index in [-0.39, 0.29) is 0 Å². The monoisotopic (exact) mass is 405 g/mol. The minimum Gasteiger partial charge on any atom is -0.389 e. The van der Waals surface area contributed by atoms with E-state index < -0.39 is 6.10 Å². The van der Waals surface area contributed by atoms with Crippen LogP contribution in [0.1, 0.15) is 39.5 Å². The molecular weight excluding hydrogens is 377 g/mol. The molecule has 0 amide bonds. The third-order valence-electron chi connectivity index (χ3n) is 3.57. The maximum atomic E-state index is 9.95. The highest BCUT2D eigenvalue weighted by Gasteiger charge is 2.09. The number of aliphatic hydroxyl groups is 1. The summed E-state index contributed by atoms with van der Waals surface area (Å²) in [7, 11) is 0. The Hall–Kier alpha value is -0.330. The first-order chi connectivity index (χ1) is 10.2. The van der Waals surface area contributed by atoms with Gasteiger partial charge in [-0.2, -0.15) is 0 Å². The van der Waals surface area contributed by atoms with E-state index in [1.165, 1.54) is 22.8 Å². The summed E-state index contributed by atoms with van der Waals surface area (Å²) in [5, 5.41) is 13.2. The number of nitrogens with one attached hydrogen (secondary N) is 1. The molecule has 21 heavy (non-hydrogen) atoms. The van der Waals surface area contributed by atoms with E-state index in [0.717, 1.165) is 18.7 Å². The smallest absolute Gasteiger partial charge is 0.0945 e. The SMILES string of the molecule is CCCCC(CC)COCC(O)CNc1cccc(I)c1. The van der Waals surface area contributed by atoms with Gasteiger partial charge in [-0.3, -0.25) is 0 Å². The summed E-state index contributed by atoms with van der Waals surface area (Å²) < 4.78 is 6.85. The largest absolute Gasteiger partial charge is 0.389 e. The van der Waals surface area contributed by atoms with Crippen molar-refractivity contribution in [3.05, 3.63) is 27.8 Å². The van der Waals surface area contributed by atoms with Crippen molar-refractivity contribution in [1.82, 2.24) is 0 Å². The van der Waals surface area contributed by atoms with Crippen LogP contribution < -0.4 is 5.32 Å². The highest BCUT2D eigenvalue weighted by Crippen LogP contribution is 2.14. The molecule has 1 rings (SSSR count). The number of hydrogen-bond donors (Lipinski definition) is 2. The first-order valence-electron chi connectivity index (χ1n) is 7.90. The van der Waals surface area contributed by atoms with E-state index in [1.54, 1.807) is 0 Å². The lowest BCUT2D eigenvalue weighted by molar-refractivity contribution is 0.0245. The Morgan fingerprint density at radius 2 is 2.10 bits per heavy atom. The Morgan fingerprint density at radius 3 is 2.76 bits per heavy atom. The third-order valence-corrected chi connectivity index (χ3v) is 4.24. The zero-order chi connectivity index (χ0) is 15.5. The van der Waals surface area contributed by atoms with Gasteiger partial charge in [0.2, 0.25) is 0 Å². The normalized spacial score (nSPS) is 13.9. The van der Waals surface area contributed by atoms with Crippen LogP contribution in [0, 0.1) is 9.49 Å². The fourth-order valence-electron chi connectivity index (χ4n) is 2.16. The van der Waals surface area contributed by atoms with Gasteiger partial charge < -0.3 is 15.2 Å². The van der Waals surface area contributed by atoms with Gasteiger partial charge in [0.1, 0.15) is 0 Å². The van der Waals surface area contributed by atoms with Crippen molar-refractivity contribution in [1.29, 1.82) is 0 Å². The lowest BCUT2D eigenvalue weighted by Crippen LogP contribution is -2.26. The second kappa shape index (κ2) is 11.3. The van der Waals surface area contributed by atoms with Crippen LogP contribution in [-0.2, 0) is 4.74 Å². The average molecular weight is 405 g/mol. The van der Waals surface area contributed by atoms with Gasteiger partial charge >= 0.3 is 0 Å². The molecule has 2 unspecified atom stereocenters. The number of ether oxygens (including phenoxy) is 1. The van der Waals surface area contributed by atoms with Crippen LogP contribution in [0.15, 0.2) is 24.3 Å². The number of benzene rings is 1. The molecule has 1 aromatic carbocycles. The topological polar surface area (TPSA) is 41.5 Å². The summed E-state index contributed by atoms with van der Waals surface area (Å²) in [5.41, 5.74) is 1.04. The van der Waals surface area contributed by atoms with Crippen LogP contribution in [-0.4, -0.2) is 31.0 Å². The third kappa shape index (κ3) is 8.63. The summed E-state index contributed by atoms with van der Waals surface area (Å²) in [6.45, 7) is 6.11. The lowest BCUT2D eigenvalue weighted by atomic mass is 10.0. The van der Waals surface area contributed by atoms with Gasteiger partial charge in [-0.1, -0.05) is 39.2 Å². The fourth-order valence-corrected chi connectivity index (χ4v) is 2.70. The molecule has 2 atom stereocenters. The summed E-state index contributed by atoms with van der Waals surface area (Å²) in [5.74, 6) is 0.626. The predicted molar refractivity (Wildman–Crippen MR) is 97.8 cm³/mol. The van der Waals surface area contributed by atoms with Crippen molar-refractivity contribution in [3.63, 3.8) is 0 Å². The molecule has 1 aromatic rings. The minimum atomic E-state index is -0.466. The second-order valence-electron chi connectivity index (χ2n) is 5.50. The molecular formula is C17H28INO2. The van der Waals surface area contributed by atoms with E-state index in [4.69, 9.17) is 4.74 Å². The number of aliphatic hydroxyl groups excluding tert-OH is 1. The highest BCUT2D eigenvalue weighted by atomic mass is 127. The Labute approximate surface area is 142 Å². The summed E-state index contributed by atoms with van der Waals surface area (Å²) in [6.07, 6.45) is 4.41. The van der Waals surface area contributed by atoms with Gasteiger partial charge in [0.25, 0.3) is 0 Å². The molecule has 0 aliphatic carbocycles. The quantitative estimate of drug-likeness (QED) is 0.540. The van der Waals surface area contributed by atoms with Crippen molar-refractivity contribution >= 4 is 28.3 Å². The molecule has 4 heteroatoms. The average Bonchev–Trinajstić information content (AvgIpc) is 2.48. The molecule has 0 fully saturated rings. The fraction of sp³-hybridized carbons (Fsp3) is 0.647. The van der Waals surface area contributed by atoms with Gasteiger partial charge in [0, 0.05) is 22.4 Å².